The predicted octanol–water partition coefficient (Wildman–Crippen LogP) is 1.42. The van der Waals surface area contributed by atoms with Crippen molar-refractivity contribution in [2.75, 3.05) is 18.4 Å². The second-order valence-corrected chi connectivity index (χ2v) is 5.21. The van der Waals surface area contributed by atoms with E-state index >= 15 is 0 Å². The van der Waals surface area contributed by atoms with Gasteiger partial charge in [-0.1, -0.05) is 5.16 Å². The van der Waals surface area contributed by atoms with Crippen molar-refractivity contribution in [3.8, 4) is 0 Å². The molecule has 1 aromatic heterocycles. The van der Waals surface area contributed by atoms with Gasteiger partial charge in [0.05, 0.1) is 23.9 Å². The van der Waals surface area contributed by atoms with Crippen LogP contribution in [0.4, 0.5) is 5.88 Å². The maximum absolute atomic E-state index is 12.2. The Bertz CT molecular complexity index is 436. The first-order valence-electron chi connectivity index (χ1n) is 6.59. The monoisotopic (exact) mass is 267 g/mol. The lowest BCUT2D eigenvalue weighted by Gasteiger charge is -2.38. The molecule has 0 bridgehead atoms. The summed E-state index contributed by atoms with van der Waals surface area (Å²) in [5.74, 6) is 0.307. The van der Waals surface area contributed by atoms with E-state index < -0.39 is 0 Å². The molecule has 1 saturated heterocycles. The largest absolute Gasteiger partial charge is 0.373 e. The van der Waals surface area contributed by atoms with Crippen molar-refractivity contribution >= 4 is 11.8 Å². The van der Waals surface area contributed by atoms with Crippen LogP contribution >= 0.6 is 0 Å². The van der Waals surface area contributed by atoms with Gasteiger partial charge < -0.3 is 9.26 Å². The van der Waals surface area contributed by atoms with Gasteiger partial charge in [0.2, 0.25) is 11.8 Å². The molecule has 2 heterocycles. The average molecular weight is 267 g/mol. The minimum atomic E-state index is -0.223. The number of rotatable bonds is 3. The molecule has 6 heteroatoms. The molecule has 19 heavy (non-hydrogen) atoms. The van der Waals surface area contributed by atoms with Gasteiger partial charge in [-0.05, 0) is 27.7 Å². The molecule has 0 aromatic carbocycles. The minimum Gasteiger partial charge on any atom is -0.373 e. The molecule has 0 radical (unpaired) electrons. The van der Waals surface area contributed by atoms with Gasteiger partial charge >= 0.3 is 0 Å². The summed E-state index contributed by atoms with van der Waals surface area (Å²) in [7, 11) is 0. The molecule has 0 spiro atoms. The maximum atomic E-state index is 12.2. The number of nitrogens with zero attached hydrogens (tertiary/aromatic N) is 2. The highest BCUT2D eigenvalue weighted by Gasteiger charge is 2.29. The third-order valence-corrected chi connectivity index (χ3v) is 3.25. The first-order chi connectivity index (χ1) is 8.95. The highest BCUT2D eigenvalue weighted by Crippen LogP contribution is 2.15. The zero-order chi connectivity index (χ0) is 14.0. The highest BCUT2D eigenvalue weighted by molar-refractivity contribution is 5.93. The van der Waals surface area contributed by atoms with E-state index in [0.29, 0.717) is 5.88 Å². The summed E-state index contributed by atoms with van der Waals surface area (Å²) in [6.07, 6.45) is 0.290. The Hall–Kier alpha value is -1.40. The number of amides is 1. The summed E-state index contributed by atoms with van der Waals surface area (Å²) in [6.45, 7) is 9.26. The van der Waals surface area contributed by atoms with E-state index in [-0.39, 0.29) is 24.2 Å². The van der Waals surface area contributed by atoms with Gasteiger partial charge in [-0.15, -0.1) is 0 Å². The molecule has 1 aromatic rings. The molecule has 1 N–H and O–H groups in total. The van der Waals surface area contributed by atoms with Gasteiger partial charge in [-0.3, -0.25) is 15.0 Å². The van der Waals surface area contributed by atoms with Crippen molar-refractivity contribution in [1.29, 1.82) is 0 Å². The van der Waals surface area contributed by atoms with Gasteiger partial charge in [0.15, 0.2) is 0 Å². The fourth-order valence-electron chi connectivity index (χ4n) is 2.35. The smallest absolute Gasteiger partial charge is 0.243 e. The summed E-state index contributed by atoms with van der Waals surface area (Å²) in [5, 5.41) is 6.48. The highest BCUT2D eigenvalue weighted by atomic mass is 16.5. The van der Waals surface area contributed by atoms with E-state index in [2.05, 4.69) is 15.4 Å². The lowest BCUT2D eigenvalue weighted by molar-refractivity contribution is -0.127. The molecule has 2 rings (SSSR count). The van der Waals surface area contributed by atoms with Crippen molar-refractivity contribution in [1.82, 2.24) is 10.1 Å². The Balaban J connectivity index is 1.94. The molecular weight excluding hydrogens is 246 g/mol. The van der Waals surface area contributed by atoms with Crippen LogP contribution in [-0.2, 0) is 9.53 Å². The molecule has 1 aliphatic heterocycles. The molecule has 3 atom stereocenters. The predicted molar refractivity (Wildman–Crippen MR) is 70.9 cm³/mol. The Labute approximate surface area is 113 Å². The summed E-state index contributed by atoms with van der Waals surface area (Å²) in [6, 6.07) is 1.48. The molecule has 0 saturated carbocycles. The molecular formula is C13H21N3O3. The number of carbonyl (C=O) groups is 1. The topological polar surface area (TPSA) is 67.6 Å². The van der Waals surface area contributed by atoms with Crippen LogP contribution in [0.25, 0.3) is 0 Å². The second kappa shape index (κ2) is 5.71. The maximum Gasteiger partial charge on any atom is 0.243 e. The first-order valence-corrected chi connectivity index (χ1v) is 6.59. The van der Waals surface area contributed by atoms with Crippen molar-refractivity contribution < 1.29 is 14.1 Å². The fourth-order valence-corrected chi connectivity index (χ4v) is 2.35. The van der Waals surface area contributed by atoms with E-state index in [1.165, 1.54) is 0 Å². The zero-order valence-corrected chi connectivity index (χ0v) is 11.8. The van der Waals surface area contributed by atoms with Crippen LogP contribution in [0.2, 0.25) is 0 Å². The minimum absolute atomic E-state index is 0.0857. The lowest BCUT2D eigenvalue weighted by atomic mass is 10.1. The fraction of sp³-hybridized carbons (Fsp3) is 0.692. The number of morpholine rings is 1. The van der Waals surface area contributed by atoms with Crippen LogP contribution < -0.4 is 5.32 Å². The number of hydrogen-bond acceptors (Lipinski definition) is 5. The summed E-state index contributed by atoms with van der Waals surface area (Å²) >= 11 is 0. The van der Waals surface area contributed by atoms with Crippen LogP contribution in [0, 0.1) is 6.92 Å². The van der Waals surface area contributed by atoms with Crippen LogP contribution in [0.3, 0.4) is 0 Å². The molecule has 6 nitrogen and oxygen atoms in total. The van der Waals surface area contributed by atoms with Crippen molar-refractivity contribution in [2.24, 2.45) is 0 Å². The number of nitrogens with one attached hydrogen (secondary N) is 1. The van der Waals surface area contributed by atoms with Crippen molar-refractivity contribution in [3.63, 3.8) is 0 Å². The van der Waals surface area contributed by atoms with Gasteiger partial charge in [-0.2, -0.15) is 0 Å². The Kier molecular flexibility index (Phi) is 4.21. The van der Waals surface area contributed by atoms with Gasteiger partial charge in [0.25, 0.3) is 0 Å². The van der Waals surface area contributed by atoms with E-state index in [4.69, 9.17) is 9.26 Å². The molecule has 3 unspecified atom stereocenters. The van der Waals surface area contributed by atoms with Crippen LogP contribution in [0.15, 0.2) is 10.6 Å². The third-order valence-electron chi connectivity index (χ3n) is 3.25. The standard InChI is InChI=1S/C13H21N3O3/c1-8-5-12(19-15-8)14-13(17)11(4)16-6-9(2)18-10(3)7-16/h5,9-11H,6-7H2,1-4H3,(H,14,17). The average Bonchev–Trinajstić information content (AvgIpc) is 2.72. The Morgan fingerprint density at radius 2 is 2.11 bits per heavy atom. The summed E-state index contributed by atoms with van der Waals surface area (Å²) in [5.41, 5.74) is 0.747. The lowest BCUT2D eigenvalue weighted by Crippen LogP contribution is -2.52. The van der Waals surface area contributed by atoms with E-state index in [1.54, 1.807) is 6.07 Å². The number of anilines is 1. The van der Waals surface area contributed by atoms with E-state index in [1.807, 2.05) is 27.7 Å². The number of hydrogen-bond donors (Lipinski definition) is 1. The molecule has 1 aliphatic rings. The number of aryl methyl sites for hydroxylation is 1. The molecule has 1 fully saturated rings. The summed E-state index contributed by atoms with van der Waals surface area (Å²) < 4.78 is 10.7. The normalized spacial score (nSPS) is 26.1. The summed E-state index contributed by atoms with van der Waals surface area (Å²) in [4.78, 5) is 14.3. The molecule has 1 amide bonds. The van der Waals surface area contributed by atoms with Crippen molar-refractivity contribution in [2.45, 2.75) is 45.9 Å². The van der Waals surface area contributed by atoms with Gasteiger partial charge in [-0.25, -0.2) is 0 Å². The van der Waals surface area contributed by atoms with Crippen LogP contribution in [0.5, 0.6) is 0 Å². The van der Waals surface area contributed by atoms with Gasteiger partial charge in [0.1, 0.15) is 0 Å². The van der Waals surface area contributed by atoms with E-state index in [0.717, 1.165) is 18.8 Å². The number of ether oxygens (including phenoxy) is 1. The van der Waals surface area contributed by atoms with E-state index in [9.17, 15) is 4.79 Å². The molecule has 0 aliphatic carbocycles. The Morgan fingerprint density at radius 1 is 1.47 bits per heavy atom. The first kappa shape index (κ1) is 14.0. The number of carbonyl (C=O) groups excluding carboxylic acids is 1. The third kappa shape index (κ3) is 3.54. The van der Waals surface area contributed by atoms with Crippen LogP contribution in [-0.4, -0.2) is 47.3 Å². The van der Waals surface area contributed by atoms with Crippen LogP contribution in [0.1, 0.15) is 26.5 Å². The zero-order valence-electron chi connectivity index (χ0n) is 11.8. The second-order valence-electron chi connectivity index (χ2n) is 5.21. The van der Waals surface area contributed by atoms with Gasteiger partial charge in [0, 0.05) is 19.2 Å². The Morgan fingerprint density at radius 3 is 2.63 bits per heavy atom. The number of aromatic nitrogens is 1. The molecule has 106 valence electrons. The van der Waals surface area contributed by atoms with Crippen molar-refractivity contribution in [3.05, 3.63) is 11.8 Å². The SMILES string of the molecule is Cc1cc(NC(=O)C(C)N2CC(C)OC(C)C2)on1. The quantitative estimate of drug-likeness (QED) is 0.897.